The van der Waals surface area contributed by atoms with Crippen molar-refractivity contribution in [1.82, 2.24) is 0 Å². The smallest absolute Gasteiger partial charge is 0.205 e. The van der Waals surface area contributed by atoms with Crippen molar-refractivity contribution in [3.8, 4) is 0 Å². The standard InChI is InChI=1S/C10H7IO2/c1-6-2-3-7-9(4-6)13-5-8(11)10(7)12/h2-5H,1H3. The number of benzene rings is 1. The van der Waals surface area contributed by atoms with Gasteiger partial charge in [0.2, 0.25) is 5.43 Å². The van der Waals surface area contributed by atoms with Crippen molar-refractivity contribution < 1.29 is 4.42 Å². The molecule has 1 aromatic carbocycles. The maximum absolute atomic E-state index is 11.6. The summed E-state index contributed by atoms with van der Waals surface area (Å²) < 4.78 is 5.92. The van der Waals surface area contributed by atoms with Crippen LogP contribution < -0.4 is 5.43 Å². The van der Waals surface area contributed by atoms with E-state index in [2.05, 4.69) is 0 Å². The summed E-state index contributed by atoms with van der Waals surface area (Å²) in [5, 5.41) is 0.650. The molecule has 0 amide bonds. The third-order valence-corrected chi connectivity index (χ3v) is 2.63. The summed E-state index contributed by atoms with van der Waals surface area (Å²) in [5.74, 6) is 0. The van der Waals surface area contributed by atoms with Crippen molar-refractivity contribution in [3.63, 3.8) is 0 Å². The molecule has 0 saturated heterocycles. The first-order valence-electron chi connectivity index (χ1n) is 3.86. The van der Waals surface area contributed by atoms with Crippen LogP contribution in [0.1, 0.15) is 5.56 Å². The van der Waals surface area contributed by atoms with Crippen molar-refractivity contribution in [1.29, 1.82) is 0 Å². The van der Waals surface area contributed by atoms with Gasteiger partial charge in [-0.3, -0.25) is 4.79 Å². The molecule has 13 heavy (non-hydrogen) atoms. The second-order valence-corrected chi connectivity index (χ2v) is 4.07. The van der Waals surface area contributed by atoms with Gasteiger partial charge in [-0.05, 0) is 47.2 Å². The largest absolute Gasteiger partial charge is 0.463 e. The lowest BCUT2D eigenvalue weighted by atomic mass is 10.2. The molecule has 1 heterocycles. The first kappa shape index (κ1) is 8.74. The highest BCUT2D eigenvalue weighted by Gasteiger charge is 2.03. The van der Waals surface area contributed by atoms with Gasteiger partial charge in [0.1, 0.15) is 11.8 Å². The number of rotatable bonds is 0. The van der Waals surface area contributed by atoms with E-state index in [0.29, 0.717) is 14.5 Å². The molecule has 1 aromatic heterocycles. The molecule has 2 aromatic rings. The zero-order valence-electron chi connectivity index (χ0n) is 7.00. The van der Waals surface area contributed by atoms with Gasteiger partial charge in [-0.25, -0.2) is 0 Å². The van der Waals surface area contributed by atoms with Crippen molar-refractivity contribution in [2.45, 2.75) is 6.92 Å². The minimum absolute atomic E-state index is 0.0434. The van der Waals surface area contributed by atoms with E-state index in [4.69, 9.17) is 4.42 Å². The van der Waals surface area contributed by atoms with Crippen LogP contribution in [-0.4, -0.2) is 0 Å². The Bertz CT molecular complexity index is 514. The van der Waals surface area contributed by atoms with Crippen molar-refractivity contribution >= 4 is 33.6 Å². The van der Waals surface area contributed by atoms with Crippen LogP contribution in [0.25, 0.3) is 11.0 Å². The predicted octanol–water partition coefficient (Wildman–Crippen LogP) is 2.71. The van der Waals surface area contributed by atoms with Crippen LogP contribution in [0.5, 0.6) is 0 Å². The molecule has 0 spiro atoms. The van der Waals surface area contributed by atoms with E-state index >= 15 is 0 Å². The van der Waals surface area contributed by atoms with Crippen LogP contribution in [-0.2, 0) is 0 Å². The second-order valence-electron chi connectivity index (χ2n) is 2.91. The SMILES string of the molecule is Cc1ccc2c(=O)c(I)coc2c1. The molecule has 0 aliphatic carbocycles. The lowest BCUT2D eigenvalue weighted by molar-refractivity contribution is 0.598. The quantitative estimate of drug-likeness (QED) is 0.697. The van der Waals surface area contributed by atoms with Gasteiger partial charge in [0.05, 0.1) is 8.96 Å². The molecule has 0 saturated carbocycles. The van der Waals surface area contributed by atoms with Crippen molar-refractivity contribution in [3.05, 3.63) is 43.8 Å². The molecule has 0 N–H and O–H groups in total. The molecule has 0 bridgehead atoms. The summed E-state index contributed by atoms with van der Waals surface area (Å²) in [4.78, 5) is 11.6. The van der Waals surface area contributed by atoms with Crippen LogP contribution in [0.3, 0.4) is 0 Å². The molecule has 2 rings (SSSR count). The van der Waals surface area contributed by atoms with Gasteiger partial charge in [-0.2, -0.15) is 0 Å². The lowest BCUT2D eigenvalue weighted by Crippen LogP contribution is -2.04. The second kappa shape index (κ2) is 3.14. The van der Waals surface area contributed by atoms with Crippen molar-refractivity contribution in [2.75, 3.05) is 0 Å². The third kappa shape index (κ3) is 1.48. The summed E-state index contributed by atoms with van der Waals surface area (Å²) in [5.41, 5.74) is 1.80. The average Bonchev–Trinajstić information content (AvgIpc) is 2.12. The molecule has 66 valence electrons. The van der Waals surface area contributed by atoms with E-state index in [1.165, 1.54) is 6.26 Å². The first-order chi connectivity index (χ1) is 6.18. The summed E-state index contributed by atoms with van der Waals surface area (Å²) in [6.45, 7) is 1.97. The van der Waals surface area contributed by atoms with E-state index in [9.17, 15) is 4.79 Å². The lowest BCUT2D eigenvalue weighted by Gasteiger charge is -1.97. The number of halogens is 1. The molecule has 3 heteroatoms. The number of fused-ring (bicyclic) bond motifs is 1. The fourth-order valence-electron chi connectivity index (χ4n) is 1.21. The molecule has 0 radical (unpaired) electrons. The topological polar surface area (TPSA) is 30.2 Å². The summed E-state index contributed by atoms with van der Waals surface area (Å²) >= 11 is 1.97. The maximum atomic E-state index is 11.6. The molecular formula is C10H7IO2. The highest BCUT2D eigenvalue weighted by molar-refractivity contribution is 14.1. The van der Waals surface area contributed by atoms with E-state index in [0.717, 1.165) is 5.56 Å². The summed E-state index contributed by atoms with van der Waals surface area (Å²) in [6, 6.07) is 5.58. The molecule has 2 nitrogen and oxygen atoms in total. The molecular weight excluding hydrogens is 279 g/mol. The monoisotopic (exact) mass is 286 g/mol. The highest BCUT2D eigenvalue weighted by Crippen LogP contribution is 2.13. The van der Waals surface area contributed by atoms with E-state index in [1.807, 2.05) is 41.6 Å². The van der Waals surface area contributed by atoms with E-state index in [1.54, 1.807) is 6.07 Å². The Morgan fingerprint density at radius 2 is 2.15 bits per heavy atom. The Kier molecular flexibility index (Phi) is 2.11. The fraction of sp³-hybridized carbons (Fsp3) is 0.100. The van der Waals surface area contributed by atoms with Crippen LogP contribution in [0, 0.1) is 10.5 Å². The number of hydrogen-bond donors (Lipinski definition) is 0. The van der Waals surface area contributed by atoms with Gasteiger partial charge in [-0.15, -0.1) is 0 Å². The maximum Gasteiger partial charge on any atom is 0.205 e. The fourth-order valence-corrected chi connectivity index (χ4v) is 1.63. The number of hydrogen-bond acceptors (Lipinski definition) is 2. The first-order valence-corrected chi connectivity index (χ1v) is 4.94. The van der Waals surface area contributed by atoms with Gasteiger partial charge in [-0.1, -0.05) is 6.07 Å². The highest BCUT2D eigenvalue weighted by atomic mass is 127. The van der Waals surface area contributed by atoms with Gasteiger partial charge < -0.3 is 4.42 Å². The Labute approximate surface area is 88.7 Å². The average molecular weight is 286 g/mol. The minimum atomic E-state index is 0.0434. The molecule has 0 aliphatic heterocycles. The molecule has 0 atom stereocenters. The van der Waals surface area contributed by atoms with Gasteiger partial charge in [0, 0.05) is 0 Å². The molecule has 0 unspecified atom stereocenters. The third-order valence-electron chi connectivity index (χ3n) is 1.89. The molecule has 0 fully saturated rings. The predicted molar refractivity (Wildman–Crippen MR) is 59.9 cm³/mol. The van der Waals surface area contributed by atoms with Crippen LogP contribution in [0.4, 0.5) is 0 Å². The van der Waals surface area contributed by atoms with Gasteiger partial charge in [0.25, 0.3) is 0 Å². The Morgan fingerprint density at radius 1 is 1.38 bits per heavy atom. The summed E-state index contributed by atoms with van der Waals surface area (Å²) in [6.07, 6.45) is 1.49. The van der Waals surface area contributed by atoms with E-state index < -0.39 is 0 Å². The Morgan fingerprint density at radius 3 is 2.92 bits per heavy atom. The molecule has 0 aliphatic rings. The zero-order chi connectivity index (χ0) is 9.42. The number of aryl methyl sites for hydroxylation is 1. The van der Waals surface area contributed by atoms with Gasteiger partial charge >= 0.3 is 0 Å². The normalized spacial score (nSPS) is 10.6. The minimum Gasteiger partial charge on any atom is -0.463 e. The van der Waals surface area contributed by atoms with Crippen LogP contribution >= 0.6 is 22.6 Å². The Balaban J connectivity index is 2.95. The Hall–Kier alpha value is -0.840. The van der Waals surface area contributed by atoms with Crippen LogP contribution in [0.2, 0.25) is 0 Å². The summed E-state index contributed by atoms with van der Waals surface area (Å²) in [7, 11) is 0. The van der Waals surface area contributed by atoms with Gasteiger partial charge in [0.15, 0.2) is 0 Å². The van der Waals surface area contributed by atoms with Crippen LogP contribution in [0.15, 0.2) is 33.7 Å². The zero-order valence-corrected chi connectivity index (χ0v) is 9.16. The van der Waals surface area contributed by atoms with E-state index in [-0.39, 0.29) is 5.43 Å². The van der Waals surface area contributed by atoms with Crippen molar-refractivity contribution in [2.24, 2.45) is 0 Å².